The fourth-order valence-electron chi connectivity index (χ4n) is 4.14. The zero-order chi connectivity index (χ0) is 25.4. The maximum atomic E-state index is 11.7. The van der Waals surface area contributed by atoms with E-state index in [1.165, 1.54) is 18.2 Å². The molecule has 2 aliphatic heterocycles. The maximum absolute atomic E-state index is 11.7. The van der Waals surface area contributed by atoms with Crippen molar-refractivity contribution in [2.45, 2.75) is 68.3 Å². The second-order valence-corrected chi connectivity index (χ2v) is 8.53. The molecule has 7 N–H and O–H groups in total. The Hall–Kier alpha value is -2.17. The Morgan fingerprint density at radius 3 is 2.11 bits per heavy atom. The first-order valence-electron chi connectivity index (χ1n) is 10.9. The summed E-state index contributed by atoms with van der Waals surface area (Å²) in [5.74, 6) is 0.124. The van der Waals surface area contributed by atoms with Crippen molar-refractivity contribution in [3.05, 3.63) is 40.2 Å². The standard InChI is InChI=1S/C22H28O13/c1-8-4-14(25)32-11-5-9(2-3-10(8)11)31-22-20(18(29)16(27)13(7-24)34-22)35-21-19(30)17(28)15(26)12(6-23)33-21/h2-5,12-13,15-24,26-30H,6-7H2,1H3/t12-,13-,15-,16-,17+,18+,19-,20-,21+,22-/m1/s1. The van der Waals surface area contributed by atoms with Crippen LogP contribution >= 0.6 is 0 Å². The summed E-state index contributed by atoms with van der Waals surface area (Å²) >= 11 is 0. The molecule has 2 fully saturated rings. The van der Waals surface area contributed by atoms with E-state index in [-0.39, 0.29) is 11.3 Å². The van der Waals surface area contributed by atoms with Crippen LogP contribution in [0.15, 0.2) is 33.5 Å². The molecule has 1 aromatic carbocycles. The molecule has 0 saturated carbocycles. The third kappa shape index (κ3) is 5.06. The zero-order valence-electron chi connectivity index (χ0n) is 18.6. The van der Waals surface area contributed by atoms with Gasteiger partial charge in [-0.2, -0.15) is 0 Å². The summed E-state index contributed by atoms with van der Waals surface area (Å²) in [6.07, 6.45) is -15.7. The molecule has 35 heavy (non-hydrogen) atoms. The smallest absolute Gasteiger partial charge is 0.336 e. The molecule has 0 amide bonds. The number of benzene rings is 1. The van der Waals surface area contributed by atoms with Crippen LogP contribution in [0.25, 0.3) is 11.0 Å². The van der Waals surface area contributed by atoms with E-state index in [1.807, 2.05) is 0 Å². The van der Waals surface area contributed by atoms with E-state index in [0.29, 0.717) is 10.9 Å². The number of fused-ring (bicyclic) bond motifs is 1. The van der Waals surface area contributed by atoms with E-state index in [0.717, 1.165) is 0 Å². The van der Waals surface area contributed by atoms with Gasteiger partial charge in [0.15, 0.2) is 12.4 Å². The summed E-state index contributed by atoms with van der Waals surface area (Å²) in [5.41, 5.74) is 0.331. The molecule has 2 saturated heterocycles. The highest BCUT2D eigenvalue weighted by molar-refractivity contribution is 5.81. The lowest BCUT2D eigenvalue weighted by Gasteiger charge is -2.45. The lowest BCUT2D eigenvalue weighted by Crippen LogP contribution is -2.65. The van der Waals surface area contributed by atoms with Gasteiger partial charge in [0.2, 0.25) is 6.29 Å². The van der Waals surface area contributed by atoms with Crippen molar-refractivity contribution in [2.75, 3.05) is 13.2 Å². The quantitative estimate of drug-likeness (QED) is 0.199. The van der Waals surface area contributed by atoms with Gasteiger partial charge in [0, 0.05) is 17.5 Å². The zero-order valence-corrected chi connectivity index (χ0v) is 18.6. The van der Waals surface area contributed by atoms with E-state index >= 15 is 0 Å². The summed E-state index contributed by atoms with van der Waals surface area (Å²) in [6.45, 7) is 0.361. The molecule has 0 radical (unpaired) electrons. The molecule has 13 nitrogen and oxygen atoms in total. The average molecular weight is 500 g/mol. The molecule has 2 aliphatic rings. The van der Waals surface area contributed by atoms with Crippen molar-refractivity contribution < 1.29 is 59.1 Å². The minimum Gasteiger partial charge on any atom is -0.462 e. The summed E-state index contributed by atoms with van der Waals surface area (Å²) in [5, 5.41) is 70.9. The summed E-state index contributed by atoms with van der Waals surface area (Å²) in [4.78, 5) is 11.7. The van der Waals surface area contributed by atoms with Gasteiger partial charge in [-0.25, -0.2) is 4.79 Å². The molecule has 10 atom stereocenters. The van der Waals surface area contributed by atoms with E-state index in [2.05, 4.69) is 0 Å². The van der Waals surface area contributed by atoms with Crippen LogP contribution in [0.5, 0.6) is 5.75 Å². The van der Waals surface area contributed by atoms with Gasteiger partial charge in [0.25, 0.3) is 0 Å². The van der Waals surface area contributed by atoms with Crippen LogP contribution in [0.1, 0.15) is 5.56 Å². The Bertz CT molecular complexity index is 1070. The molecule has 0 aliphatic carbocycles. The SMILES string of the molecule is Cc1cc(=O)oc2cc(O[C@@H]3O[C@H](CO)[C@@H](O)[C@H](O)[C@H]3O[C@@H]3O[C@H](CO)[C@@H](O)[C@H](O)[C@H]3O)ccc12. The van der Waals surface area contributed by atoms with Gasteiger partial charge >= 0.3 is 5.63 Å². The number of aliphatic hydroxyl groups excluding tert-OH is 7. The Balaban J connectivity index is 1.61. The van der Waals surface area contributed by atoms with Crippen molar-refractivity contribution in [3.63, 3.8) is 0 Å². The van der Waals surface area contributed by atoms with Gasteiger partial charge in [-0.05, 0) is 24.6 Å². The molecule has 0 bridgehead atoms. The monoisotopic (exact) mass is 500 g/mol. The minimum atomic E-state index is -1.79. The topological polar surface area (TPSA) is 209 Å². The number of aryl methyl sites for hydroxylation is 1. The summed E-state index contributed by atoms with van der Waals surface area (Å²) in [6, 6.07) is 5.91. The van der Waals surface area contributed by atoms with E-state index < -0.39 is 80.3 Å². The summed E-state index contributed by atoms with van der Waals surface area (Å²) in [7, 11) is 0. The molecule has 3 heterocycles. The third-order valence-corrected chi connectivity index (χ3v) is 6.14. The number of hydrogen-bond donors (Lipinski definition) is 7. The van der Waals surface area contributed by atoms with Crippen LogP contribution < -0.4 is 10.4 Å². The molecule has 2 aromatic rings. The molecule has 1 aromatic heterocycles. The molecular weight excluding hydrogens is 472 g/mol. The maximum Gasteiger partial charge on any atom is 0.336 e. The minimum absolute atomic E-state index is 0.124. The fraction of sp³-hybridized carbons (Fsp3) is 0.591. The van der Waals surface area contributed by atoms with Crippen molar-refractivity contribution in [1.82, 2.24) is 0 Å². The highest BCUT2D eigenvalue weighted by Gasteiger charge is 2.51. The van der Waals surface area contributed by atoms with E-state index in [1.54, 1.807) is 13.0 Å². The van der Waals surface area contributed by atoms with Crippen LogP contribution in [0.4, 0.5) is 0 Å². The number of rotatable bonds is 6. The molecular formula is C22H28O13. The second kappa shape index (κ2) is 10.4. The number of aliphatic hydroxyl groups is 7. The van der Waals surface area contributed by atoms with Crippen molar-refractivity contribution in [3.8, 4) is 5.75 Å². The molecule has 0 spiro atoms. The Morgan fingerprint density at radius 2 is 1.46 bits per heavy atom. The highest BCUT2D eigenvalue weighted by Crippen LogP contribution is 2.31. The molecule has 13 heteroatoms. The lowest BCUT2D eigenvalue weighted by molar-refractivity contribution is -0.357. The Kier molecular flexibility index (Phi) is 7.73. The first kappa shape index (κ1) is 25.9. The number of ether oxygens (including phenoxy) is 4. The van der Waals surface area contributed by atoms with E-state index in [4.69, 9.17) is 23.4 Å². The average Bonchev–Trinajstić information content (AvgIpc) is 2.83. The van der Waals surface area contributed by atoms with Gasteiger partial charge in [0.05, 0.1) is 13.2 Å². The molecule has 194 valence electrons. The van der Waals surface area contributed by atoms with Gasteiger partial charge < -0.3 is 59.1 Å². The largest absolute Gasteiger partial charge is 0.462 e. The van der Waals surface area contributed by atoms with E-state index in [9.17, 15) is 40.5 Å². The fourth-order valence-corrected chi connectivity index (χ4v) is 4.14. The molecule has 4 rings (SSSR count). The van der Waals surface area contributed by atoms with Gasteiger partial charge in [-0.1, -0.05) is 0 Å². The molecule has 0 unspecified atom stereocenters. The predicted molar refractivity (Wildman–Crippen MR) is 114 cm³/mol. The first-order chi connectivity index (χ1) is 16.6. The number of hydrogen-bond acceptors (Lipinski definition) is 13. The Labute approximate surface area is 198 Å². The van der Waals surface area contributed by atoms with Gasteiger partial charge in [0.1, 0.15) is 54.1 Å². The van der Waals surface area contributed by atoms with Gasteiger partial charge in [-0.3, -0.25) is 0 Å². The third-order valence-electron chi connectivity index (χ3n) is 6.14. The predicted octanol–water partition coefficient (Wildman–Crippen LogP) is -2.90. The second-order valence-electron chi connectivity index (χ2n) is 8.53. The van der Waals surface area contributed by atoms with Crippen LogP contribution in [0.3, 0.4) is 0 Å². The summed E-state index contributed by atoms with van der Waals surface area (Å²) < 4.78 is 27.5. The van der Waals surface area contributed by atoms with Crippen molar-refractivity contribution in [1.29, 1.82) is 0 Å². The van der Waals surface area contributed by atoms with Crippen LogP contribution in [-0.2, 0) is 14.2 Å². The first-order valence-corrected chi connectivity index (χ1v) is 10.9. The van der Waals surface area contributed by atoms with Crippen molar-refractivity contribution >= 4 is 11.0 Å². The normalized spacial score (nSPS) is 37.9. The lowest BCUT2D eigenvalue weighted by atomic mass is 9.97. The Morgan fingerprint density at radius 1 is 0.829 bits per heavy atom. The van der Waals surface area contributed by atoms with Crippen LogP contribution in [0, 0.1) is 6.92 Å². The van der Waals surface area contributed by atoms with Crippen molar-refractivity contribution in [2.24, 2.45) is 0 Å². The van der Waals surface area contributed by atoms with Gasteiger partial charge in [-0.15, -0.1) is 0 Å². The van der Waals surface area contributed by atoms with Crippen LogP contribution in [0.2, 0.25) is 0 Å². The highest BCUT2D eigenvalue weighted by atomic mass is 16.8. The van der Waals surface area contributed by atoms with Crippen LogP contribution in [-0.4, -0.2) is 110 Å².